The van der Waals surface area contributed by atoms with Gasteiger partial charge in [-0.25, -0.2) is 5.10 Å². The molecule has 6 heteroatoms. The van der Waals surface area contributed by atoms with Gasteiger partial charge in [0.05, 0.1) is 11.1 Å². The Morgan fingerprint density at radius 3 is 2.63 bits per heavy atom. The number of carbonyl (C=O) groups is 1. The van der Waals surface area contributed by atoms with E-state index in [9.17, 15) is 9.59 Å². The van der Waals surface area contributed by atoms with Gasteiger partial charge in [-0.3, -0.25) is 9.59 Å². The van der Waals surface area contributed by atoms with Crippen molar-refractivity contribution in [2.24, 2.45) is 5.92 Å². The lowest BCUT2D eigenvalue weighted by Gasteiger charge is -2.09. The molecule has 6 nitrogen and oxygen atoms in total. The van der Waals surface area contributed by atoms with Crippen molar-refractivity contribution in [1.82, 2.24) is 15.5 Å². The molecule has 3 aromatic rings. The Morgan fingerprint density at radius 2 is 1.83 bits per heavy atom. The van der Waals surface area contributed by atoms with E-state index in [1.54, 1.807) is 6.07 Å². The molecule has 0 atom stereocenters. The molecule has 3 rings (SSSR count). The number of nitrogens with one attached hydrogen (secondary N) is 3. The quantitative estimate of drug-likeness (QED) is 0.437. The molecule has 0 unspecified atom stereocenters. The third-order valence-corrected chi connectivity index (χ3v) is 5.02. The number of hydrogen-bond donors (Lipinski definition) is 3. The first-order valence-corrected chi connectivity index (χ1v) is 10.6. The summed E-state index contributed by atoms with van der Waals surface area (Å²) in [5, 5.41) is 14.6. The van der Waals surface area contributed by atoms with Crippen molar-refractivity contribution in [3.05, 3.63) is 58.9 Å². The van der Waals surface area contributed by atoms with Gasteiger partial charge in [-0.2, -0.15) is 5.10 Å². The van der Waals surface area contributed by atoms with Crippen molar-refractivity contribution in [2.75, 3.05) is 18.4 Å². The van der Waals surface area contributed by atoms with Gasteiger partial charge in [0.1, 0.15) is 0 Å². The third kappa shape index (κ3) is 6.00. The second-order valence-electron chi connectivity index (χ2n) is 7.97. The lowest BCUT2D eigenvalue weighted by atomic mass is 10.0. The molecule has 30 heavy (non-hydrogen) atoms. The summed E-state index contributed by atoms with van der Waals surface area (Å²) < 4.78 is 0. The first-order chi connectivity index (χ1) is 14.5. The zero-order valence-electron chi connectivity index (χ0n) is 17.7. The Hall–Kier alpha value is -2.99. The fourth-order valence-corrected chi connectivity index (χ4v) is 3.35. The maximum Gasteiger partial charge on any atom is 0.272 e. The summed E-state index contributed by atoms with van der Waals surface area (Å²) in [6.45, 7) is 6.41. The minimum absolute atomic E-state index is 0.00798. The molecule has 0 saturated carbocycles. The fourth-order valence-electron chi connectivity index (χ4n) is 3.35. The van der Waals surface area contributed by atoms with Gasteiger partial charge in [0.25, 0.3) is 5.56 Å². The molecule has 0 radical (unpaired) electrons. The fraction of sp³-hybridized carbons (Fsp3) is 0.375. The van der Waals surface area contributed by atoms with Crippen molar-refractivity contribution < 1.29 is 4.79 Å². The van der Waals surface area contributed by atoms with Crippen LogP contribution in [-0.4, -0.2) is 29.2 Å². The molecule has 3 N–H and O–H groups in total. The van der Waals surface area contributed by atoms with Crippen molar-refractivity contribution in [3.63, 3.8) is 0 Å². The van der Waals surface area contributed by atoms with Crippen LogP contribution in [0, 0.1) is 5.92 Å². The van der Waals surface area contributed by atoms with Crippen molar-refractivity contribution >= 4 is 22.4 Å². The van der Waals surface area contributed by atoms with Crippen molar-refractivity contribution in [2.45, 2.75) is 39.5 Å². The minimum Gasteiger partial charge on any atom is -0.326 e. The molecule has 0 bridgehead atoms. The lowest BCUT2D eigenvalue weighted by Crippen LogP contribution is -2.18. The second kappa shape index (κ2) is 10.7. The number of nitrogens with zero attached hydrogens (tertiary/aromatic N) is 1. The first-order valence-electron chi connectivity index (χ1n) is 10.6. The Morgan fingerprint density at radius 1 is 1.03 bits per heavy atom. The minimum atomic E-state index is -0.211. The first kappa shape index (κ1) is 21.7. The van der Waals surface area contributed by atoms with Gasteiger partial charge in [-0.1, -0.05) is 44.2 Å². The SMILES string of the molecule is CC(C)CCNCCCCC(=O)Nc1cccc(-c2n[nH]c(=O)c3ccccc23)c1. The molecular weight excluding hydrogens is 376 g/mol. The van der Waals surface area contributed by atoms with E-state index in [0.717, 1.165) is 42.6 Å². The average molecular weight is 407 g/mol. The third-order valence-electron chi connectivity index (χ3n) is 5.02. The van der Waals surface area contributed by atoms with Crippen LogP contribution in [0.4, 0.5) is 5.69 Å². The van der Waals surface area contributed by atoms with Crippen molar-refractivity contribution in [3.8, 4) is 11.3 Å². The highest BCUT2D eigenvalue weighted by Gasteiger charge is 2.10. The number of aromatic amines is 1. The van der Waals surface area contributed by atoms with Crippen LogP contribution in [0.3, 0.4) is 0 Å². The van der Waals surface area contributed by atoms with Gasteiger partial charge >= 0.3 is 0 Å². The molecule has 2 aromatic carbocycles. The zero-order valence-corrected chi connectivity index (χ0v) is 17.7. The van der Waals surface area contributed by atoms with E-state index in [4.69, 9.17) is 0 Å². The van der Waals surface area contributed by atoms with Gasteiger partial charge in [0.15, 0.2) is 0 Å². The number of hydrogen-bond acceptors (Lipinski definition) is 4. The highest BCUT2D eigenvalue weighted by Crippen LogP contribution is 2.26. The van der Waals surface area contributed by atoms with E-state index < -0.39 is 0 Å². The smallest absolute Gasteiger partial charge is 0.272 e. The molecule has 0 aliphatic rings. The zero-order chi connectivity index (χ0) is 21.3. The topological polar surface area (TPSA) is 86.9 Å². The Kier molecular flexibility index (Phi) is 7.74. The van der Waals surface area contributed by atoms with E-state index in [1.807, 2.05) is 42.5 Å². The highest BCUT2D eigenvalue weighted by atomic mass is 16.1. The summed E-state index contributed by atoms with van der Waals surface area (Å²) in [4.78, 5) is 24.3. The van der Waals surface area contributed by atoms with Crippen molar-refractivity contribution in [1.29, 1.82) is 0 Å². The van der Waals surface area contributed by atoms with Crippen LogP contribution in [0.5, 0.6) is 0 Å². The molecule has 0 spiro atoms. The number of unbranched alkanes of at least 4 members (excludes halogenated alkanes) is 1. The Labute approximate surface area is 177 Å². The Balaban J connectivity index is 1.57. The summed E-state index contributed by atoms with van der Waals surface area (Å²) in [7, 11) is 0. The molecule has 1 heterocycles. The molecule has 0 aliphatic heterocycles. The van der Waals surface area contributed by atoms with Crippen LogP contribution in [0.25, 0.3) is 22.0 Å². The van der Waals surface area contributed by atoms with E-state index in [-0.39, 0.29) is 11.5 Å². The number of amides is 1. The number of aromatic nitrogens is 2. The molecule has 1 amide bonds. The van der Waals surface area contributed by atoms with Crippen LogP contribution in [0.15, 0.2) is 53.3 Å². The summed E-state index contributed by atoms with van der Waals surface area (Å²) in [6, 6.07) is 14.9. The standard InChI is InChI=1S/C24H30N4O2/c1-17(2)13-15-25-14-6-5-12-22(29)26-19-9-7-8-18(16-19)23-20-10-3-4-11-21(20)24(30)28-27-23/h3-4,7-11,16-17,25H,5-6,12-15H2,1-2H3,(H,26,29)(H,28,30). The van der Waals surface area contributed by atoms with Crippen LogP contribution in [0.1, 0.15) is 39.5 Å². The largest absolute Gasteiger partial charge is 0.326 e. The number of fused-ring (bicyclic) bond motifs is 1. The van der Waals surface area contributed by atoms with Gasteiger partial charge in [-0.15, -0.1) is 0 Å². The number of H-pyrrole nitrogens is 1. The van der Waals surface area contributed by atoms with E-state index in [1.165, 1.54) is 6.42 Å². The molecule has 0 fully saturated rings. The summed E-state index contributed by atoms with van der Waals surface area (Å²) in [6.07, 6.45) is 3.51. The number of rotatable bonds is 10. The summed E-state index contributed by atoms with van der Waals surface area (Å²) in [5.74, 6) is 0.719. The van der Waals surface area contributed by atoms with E-state index in [2.05, 4.69) is 34.7 Å². The maximum absolute atomic E-state index is 12.3. The highest BCUT2D eigenvalue weighted by molar-refractivity contribution is 5.95. The number of anilines is 1. The normalized spacial score (nSPS) is 11.2. The predicted octanol–water partition coefficient (Wildman–Crippen LogP) is 4.33. The molecule has 158 valence electrons. The summed E-state index contributed by atoms with van der Waals surface area (Å²) in [5.41, 5.74) is 2.05. The van der Waals surface area contributed by atoms with Gasteiger partial charge in [-0.05, 0) is 56.5 Å². The Bertz CT molecular complexity index is 1040. The summed E-state index contributed by atoms with van der Waals surface area (Å²) >= 11 is 0. The van der Waals surface area contributed by atoms with Crippen LogP contribution in [-0.2, 0) is 4.79 Å². The van der Waals surface area contributed by atoms with E-state index >= 15 is 0 Å². The monoisotopic (exact) mass is 406 g/mol. The maximum atomic E-state index is 12.3. The number of benzene rings is 2. The molecule has 1 aromatic heterocycles. The molecule has 0 aliphatic carbocycles. The second-order valence-corrected chi connectivity index (χ2v) is 7.97. The lowest BCUT2D eigenvalue weighted by molar-refractivity contribution is -0.116. The van der Waals surface area contributed by atoms with Crippen LogP contribution < -0.4 is 16.2 Å². The van der Waals surface area contributed by atoms with Gasteiger partial charge in [0, 0.05) is 23.1 Å². The number of carbonyl (C=O) groups excluding carboxylic acids is 1. The van der Waals surface area contributed by atoms with Gasteiger partial charge in [0.2, 0.25) is 5.91 Å². The van der Waals surface area contributed by atoms with Crippen LogP contribution >= 0.6 is 0 Å². The average Bonchev–Trinajstić information content (AvgIpc) is 2.73. The predicted molar refractivity (Wildman–Crippen MR) is 123 cm³/mol. The van der Waals surface area contributed by atoms with Gasteiger partial charge < -0.3 is 10.6 Å². The van der Waals surface area contributed by atoms with E-state index in [0.29, 0.717) is 23.4 Å². The van der Waals surface area contributed by atoms with Crippen LogP contribution in [0.2, 0.25) is 0 Å². The molecular formula is C24H30N4O2. The molecule has 0 saturated heterocycles.